The normalized spacial score (nSPS) is 14.9. The second-order valence-electron chi connectivity index (χ2n) is 4.32. The lowest BCUT2D eigenvalue weighted by molar-refractivity contribution is 0.516. The molecule has 0 saturated carbocycles. The average Bonchev–Trinajstić information content (AvgIpc) is 2.48. The minimum Gasteiger partial charge on any atom is -0.309 e. The van der Waals surface area contributed by atoms with Gasteiger partial charge in [-0.05, 0) is 36.2 Å². The molecule has 0 aliphatic carbocycles. The maximum atomic E-state index is 11.0. The van der Waals surface area contributed by atoms with Crippen molar-refractivity contribution < 1.29 is 4.21 Å². The molecular formula is C11H20BrN3OS. The maximum absolute atomic E-state index is 11.0. The van der Waals surface area contributed by atoms with Gasteiger partial charge >= 0.3 is 0 Å². The van der Waals surface area contributed by atoms with Crippen molar-refractivity contribution in [2.45, 2.75) is 32.9 Å². The van der Waals surface area contributed by atoms with Crippen LogP contribution >= 0.6 is 15.9 Å². The van der Waals surface area contributed by atoms with Crippen LogP contribution in [-0.4, -0.2) is 32.0 Å². The van der Waals surface area contributed by atoms with Gasteiger partial charge in [-0.2, -0.15) is 5.10 Å². The van der Waals surface area contributed by atoms with Gasteiger partial charge in [0.2, 0.25) is 0 Å². The number of halogens is 1. The zero-order chi connectivity index (χ0) is 13.0. The van der Waals surface area contributed by atoms with Crippen molar-refractivity contribution in [1.29, 1.82) is 0 Å². The summed E-state index contributed by atoms with van der Waals surface area (Å²) in [5.41, 5.74) is 2.15. The van der Waals surface area contributed by atoms with Gasteiger partial charge in [0, 0.05) is 42.4 Å². The van der Waals surface area contributed by atoms with E-state index in [0.29, 0.717) is 6.04 Å². The number of nitrogens with zero attached hydrogens (tertiary/aromatic N) is 2. The molecule has 0 spiro atoms. The Hall–Kier alpha value is -0.200. The third-order valence-corrected chi connectivity index (χ3v) is 4.56. The summed E-state index contributed by atoms with van der Waals surface area (Å²) < 4.78 is 14.0. The molecule has 1 aromatic heterocycles. The van der Waals surface area contributed by atoms with Crippen LogP contribution in [0.3, 0.4) is 0 Å². The molecule has 1 N–H and O–H groups in total. The Kier molecular flexibility index (Phi) is 5.82. The Labute approximate surface area is 114 Å². The van der Waals surface area contributed by atoms with Gasteiger partial charge in [-0.3, -0.25) is 8.89 Å². The van der Waals surface area contributed by atoms with Gasteiger partial charge < -0.3 is 5.32 Å². The third kappa shape index (κ3) is 4.52. The van der Waals surface area contributed by atoms with Crippen LogP contribution in [0.1, 0.15) is 24.7 Å². The Morgan fingerprint density at radius 3 is 2.71 bits per heavy atom. The van der Waals surface area contributed by atoms with Crippen LogP contribution in [0.2, 0.25) is 0 Å². The summed E-state index contributed by atoms with van der Waals surface area (Å²) in [5.74, 6) is 0.750. The Morgan fingerprint density at radius 2 is 2.24 bits per heavy atom. The average molecular weight is 322 g/mol. The molecule has 0 aromatic carbocycles. The van der Waals surface area contributed by atoms with Crippen molar-refractivity contribution in [3.63, 3.8) is 0 Å². The highest BCUT2D eigenvalue weighted by molar-refractivity contribution is 9.10. The van der Waals surface area contributed by atoms with Crippen molar-refractivity contribution in [1.82, 2.24) is 15.1 Å². The summed E-state index contributed by atoms with van der Waals surface area (Å²) in [6, 6.07) is 0.362. The predicted octanol–water partition coefficient (Wildman–Crippen LogP) is 1.74. The molecule has 0 aliphatic heterocycles. The van der Waals surface area contributed by atoms with Crippen LogP contribution < -0.4 is 5.32 Å². The zero-order valence-electron chi connectivity index (χ0n) is 10.8. The van der Waals surface area contributed by atoms with Crippen LogP contribution in [0.25, 0.3) is 0 Å². The maximum Gasteiger partial charge on any atom is 0.0739 e. The molecule has 17 heavy (non-hydrogen) atoms. The fourth-order valence-corrected chi connectivity index (χ4v) is 2.75. The molecule has 0 saturated heterocycles. The molecule has 1 aromatic rings. The highest BCUT2D eigenvalue weighted by Crippen LogP contribution is 2.19. The van der Waals surface area contributed by atoms with E-state index in [1.54, 1.807) is 6.26 Å². The quantitative estimate of drug-likeness (QED) is 0.868. The largest absolute Gasteiger partial charge is 0.309 e. The van der Waals surface area contributed by atoms with E-state index in [-0.39, 0.29) is 0 Å². The SMILES string of the molecule is Cc1nn(C)c(CNC(C)CCS(C)=O)c1Br. The van der Waals surface area contributed by atoms with Gasteiger partial charge in [0.05, 0.1) is 15.9 Å². The van der Waals surface area contributed by atoms with Crippen molar-refractivity contribution in [2.75, 3.05) is 12.0 Å². The molecule has 6 heteroatoms. The lowest BCUT2D eigenvalue weighted by Crippen LogP contribution is -2.28. The van der Waals surface area contributed by atoms with Gasteiger partial charge in [-0.1, -0.05) is 0 Å². The van der Waals surface area contributed by atoms with Crippen LogP contribution in [0.5, 0.6) is 0 Å². The van der Waals surface area contributed by atoms with Crippen molar-refractivity contribution in [3.8, 4) is 0 Å². The smallest absolute Gasteiger partial charge is 0.0739 e. The van der Waals surface area contributed by atoms with E-state index in [9.17, 15) is 4.21 Å². The number of hydrogen-bond donors (Lipinski definition) is 1. The fraction of sp³-hybridized carbons (Fsp3) is 0.727. The van der Waals surface area contributed by atoms with Crippen LogP contribution in [0.4, 0.5) is 0 Å². The first-order valence-electron chi connectivity index (χ1n) is 5.63. The molecule has 0 radical (unpaired) electrons. The van der Waals surface area contributed by atoms with Crippen LogP contribution in [0, 0.1) is 6.92 Å². The summed E-state index contributed by atoms with van der Waals surface area (Å²) in [4.78, 5) is 0. The van der Waals surface area contributed by atoms with E-state index in [1.807, 2.05) is 18.7 Å². The summed E-state index contributed by atoms with van der Waals surface area (Å²) >= 11 is 3.54. The third-order valence-electron chi connectivity index (χ3n) is 2.72. The number of hydrogen-bond acceptors (Lipinski definition) is 3. The molecule has 0 bridgehead atoms. The molecule has 98 valence electrons. The molecule has 0 aliphatic rings. The Bertz CT molecular complexity index is 406. The highest BCUT2D eigenvalue weighted by atomic mass is 79.9. The topological polar surface area (TPSA) is 46.9 Å². The van der Waals surface area contributed by atoms with Crippen molar-refractivity contribution in [2.24, 2.45) is 7.05 Å². The summed E-state index contributed by atoms with van der Waals surface area (Å²) in [7, 11) is 1.24. The van der Waals surface area contributed by atoms with Crippen LogP contribution in [-0.2, 0) is 24.4 Å². The van der Waals surface area contributed by atoms with Crippen molar-refractivity contribution in [3.05, 3.63) is 15.9 Å². The van der Waals surface area contributed by atoms with Gasteiger partial charge in [-0.25, -0.2) is 0 Å². The molecule has 2 atom stereocenters. The fourth-order valence-electron chi connectivity index (χ4n) is 1.59. The molecule has 0 fully saturated rings. The molecule has 0 amide bonds. The van der Waals surface area contributed by atoms with E-state index in [0.717, 1.165) is 34.6 Å². The number of rotatable bonds is 6. The predicted molar refractivity (Wildman–Crippen MR) is 75.5 cm³/mol. The first-order chi connectivity index (χ1) is 7.91. The standard InChI is InChI=1S/C11H20BrN3OS/c1-8(5-6-17(4)16)13-7-10-11(12)9(2)14-15(10)3/h8,13H,5-7H2,1-4H3. The van der Waals surface area contributed by atoms with Gasteiger partial charge in [0.1, 0.15) is 0 Å². The second kappa shape index (κ2) is 6.66. The Morgan fingerprint density at radius 1 is 1.59 bits per heavy atom. The lowest BCUT2D eigenvalue weighted by Gasteiger charge is -2.13. The zero-order valence-corrected chi connectivity index (χ0v) is 13.2. The number of aryl methyl sites for hydroxylation is 2. The van der Waals surface area contributed by atoms with Crippen molar-refractivity contribution >= 4 is 26.7 Å². The van der Waals surface area contributed by atoms with Gasteiger partial charge in [0.15, 0.2) is 0 Å². The molecule has 2 unspecified atom stereocenters. The van der Waals surface area contributed by atoms with Gasteiger partial charge in [0.25, 0.3) is 0 Å². The molecule has 1 rings (SSSR count). The Balaban J connectivity index is 2.47. The van der Waals surface area contributed by atoms with Crippen LogP contribution in [0.15, 0.2) is 4.47 Å². The van der Waals surface area contributed by atoms with E-state index in [4.69, 9.17) is 0 Å². The van der Waals surface area contributed by atoms with E-state index in [2.05, 4.69) is 33.3 Å². The minimum atomic E-state index is -0.706. The highest BCUT2D eigenvalue weighted by Gasteiger charge is 2.11. The number of aromatic nitrogens is 2. The lowest BCUT2D eigenvalue weighted by atomic mass is 10.2. The molecular weight excluding hydrogens is 302 g/mol. The van der Waals surface area contributed by atoms with E-state index >= 15 is 0 Å². The van der Waals surface area contributed by atoms with Gasteiger partial charge in [-0.15, -0.1) is 0 Å². The molecule has 1 heterocycles. The first-order valence-corrected chi connectivity index (χ1v) is 8.15. The number of nitrogens with one attached hydrogen (secondary N) is 1. The first kappa shape index (κ1) is 14.9. The molecule has 4 nitrogen and oxygen atoms in total. The monoisotopic (exact) mass is 321 g/mol. The summed E-state index contributed by atoms with van der Waals surface area (Å²) in [6.45, 7) is 4.87. The summed E-state index contributed by atoms with van der Waals surface area (Å²) in [5, 5.41) is 7.77. The summed E-state index contributed by atoms with van der Waals surface area (Å²) in [6.07, 6.45) is 2.67. The van der Waals surface area contributed by atoms with E-state index < -0.39 is 10.8 Å². The minimum absolute atomic E-state index is 0.362. The van der Waals surface area contributed by atoms with E-state index in [1.165, 1.54) is 0 Å². The second-order valence-corrected chi connectivity index (χ2v) is 6.67.